The standard InChI is InChI=1S/C12H23N3O2/c1-4-14(10(3)16)7-11-5-6-15(8-11)12(17)9(2)13/h9,11H,4-8,13H2,1-3H3/t9-,11-/m0/s1. The Hall–Kier alpha value is -1.10. The van der Waals surface area contributed by atoms with Crippen molar-refractivity contribution in [2.24, 2.45) is 11.7 Å². The van der Waals surface area contributed by atoms with Crippen molar-refractivity contribution in [1.82, 2.24) is 9.80 Å². The van der Waals surface area contributed by atoms with Gasteiger partial charge in [0.25, 0.3) is 0 Å². The first-order valence-electron chi connectivity index (χ1n) is 6.25. The highest BCUT2D eigenvalue weighted by Crippen LogP contribution is 2.18. The van der Waals surface area contributed by atoms with Gasteiger partial charge in [0.15, 0.2) is 0 Å². The molecular formula is C12H23N3O2. The van der Waals surface area contributed by atoms with Gasteiger partial charge in [-0.1, -0.05) is 0 Å². The van der Waals surface area contributed by atoms with Crippen LogP contribution in [0.15, 0.2) is 0 Å². The molecule has 0 aromatic heterocycles. The molecule has 0 aromatic rings. The van der Waals surface area contributed by atoms with Gasteiger partial charge in [-0.2, -0.15) is 0 Å². The molecule has 2 atom stereocenters. The van der Waals surface area contributed by atoms with Gasteiger partial charge in [0.05, 0.1) is 6.04 Å². The number of carbonyl (C=O) groups is 2. The molecule has 2 N–H and O–H groups in total. The second-order valence-electron chi connectivity index (χ2n) is 4.79. The summed E-state index contributed by atoms with van der Waals surface area (Å²) in [7, 11) is 0. The Morgan fingerprint density at radius 2 is 2.18 bits per heavy atom. The van der Waals surface area contributed by atoms with Crippen molar-refractivity contribution in [1.29, 1.82) is 0 Å². The molecule has 1 fully saturated rings. The van der Waals surface area contributed by atoms with Crippen molar-refractivity contribution in [2.75, 3.05) is 26.2 Å². The molecule has 5 heteroatoms. The van der Waals surface area contributed by atoms with Crippen molar-refractivity contribution in [2.45, 2.75) is 33.2 Å². The van der Waals surface area contributed by atoms with E-state index in [1.807, 2.05) is 16.7 Å². The maximum absolute atomic E-state index is 11.7. The molecule has 5 nitrogen and oxygen atoms in total. The Bertz CT molecular complexity index is 291. The first kappa shape index (κ1) is 14.0. The maximum Gasteiger partial charge on any atom is 0.239 e. The lowest BCUT2D eigenvalue weighted by molar-refractivity contribution is -0.131. The Labute approximate surface area is 103 Å². The van der Waals surface area contributed by atoms with Crippen LogP contribution in [0.2, 0.25) is 0 Å². The number of carbonyl (C=O) groups excluding carboxylic acids is 2. The normalized spacial score (nSPS) is 21.4. The third-order valence-electron chi connectivity index (χ3n) is 3.29. The smallest absolute Gasteiger partial charge is 0.239 e. The van der Waals surface area contributed by atoms with Gasteiger partial charge in [-0.05, 0) is 26.2 Å². The van der Waals surface area contributed by atoms with Crippen LogP contribution in [-0.4, -0.2) is 53.8 Å². The quantitative estimate of drug-likeness (QED) is 0.756. The van der Waals surface area contributed by atoms with Gasteiger partial charge in [-0.15, -0.1) is 0 Å². The molecule has 17 heavy (non-hydrogen) atoms. The second kappa shape index (κ2) is 6.00. The number of amides is 2. The molecule has 0 radical (unpaired) electrons. The molecule has 0 aliphatic carbocycles. The lowest BCUT2D eigenvalue weighted by atomic mass is 10.1. The topological polar surface area (TPSA) is 66.6 Å². The van der Waals surface area contributed by atoms with Gasteiger partial charge >= 0.3 is 0 Å². The average molecular weight is 241 g/mol. The highest BCUT2D eigenvalue weighted by Gasteiger charge is 2.29. The summed E-state index contributed by atoms with van der Waals surface area (Å²) in [5, 5.41) is 0. The fraction of sp³-hybridized carbons (Fsp3) is 0.833. The Balaban J connectivity index is 2.45. The van der Waals surface area contributed by atoms with Gasteiger partial charge in [-0.25, -0.2) is 0 Å². The van der Waals surface area contributed by atoms with Crippen molar-refractivity contribution in [3.63, 3.8) is 0 Å². The van der Waals surface area contributed by atoms with Gasteiger partial charge in [-0.3, -0.25) is 9.59 Å². The van der Waals surface area contributed by atoms with E-state index < -0.39 is 6.04 Å². The minimum absolute atomic E-state index is 0.0124. The van der Waals surface area contributed by atoms with Crippen molar-refractivity contribution < 1.29 is 9.59 Å². The average Bonchev–Trinajstić information content (AvgIpc) is 2.72. The molecule has 1 heterocycles. The molecule has 98 valence electrons. The lowest BCUT2D eigenvalue weighted by Gasteiger charge is -2.23. The van der Waals surface area contributed by atoms with Crippen LogP contribution in [-0.2, 0) is 9.59 Å². The van der Waals surface area contributed by atoms with E-state index in [0.29, 0.717) is 5.92 Å². The number of hydrogen-bond donors (Lipinski definition) is 1. The first-order chi connectivity index (χ1) is 7.95. The Morgan fingerprint density at radius 3 is 2.65 bits per heavy atom. The van der Waals surface area contributed by atoms with E-state index in [1.54, 1.807) is 13.8 Å². The SMILES string of the molecule is CCN(C[C@@H]1CCN(C(=O)[C@H](C)N)C1)C(C)=O. The van der Waals surface area contributed by atoms with Crippen LogP contribution in [0.5, 0.6) is 0 Å². The van der Waals surface area contributed by atoms with Crippen LogP contribution in [0.1, 0.15) is 27.2 Å². The van der Waals surface area contributed by atoms with Crippen LogP contribution >= 0.6 is 0 Å². The van der Waals surface area contributed by atoms with Crippen molar-refractivity contribution >= 4 is 11.8 Å². The highest BCUT2D eigenvalue weighted by molar-refractivity contribution is 5.81. The molecule has 1 rings (SSSR count). The molecule has 1 aliphatic rings. The molecule has 0 aromatic carbocycles. The van der Waals surface area contributed by atoms with E-state index in [4.69, 9.17) is 5.73 Å². The fourth-order valence-electron chi connectivity index (χ4n) is 2.26. The highest BCUT2D eigenvalue weighted by atomic mass is 16.2. The summed E-state index contributed by atoms with van der Waals surface area (Å²) >= 11 is 0. The summed E-state index contributed by atoms with van der Waals surface area (Å²) in [5.41, 5.74) is 5.58. The molecule has 2 amide bonds. The van der Waals surface area contributed by atoms with E-state index in [-0.39, 0.29) is 11.8 Å². The number of likely N-dealkylation sites (tertiary alicyclic amines) is 1. The summed E-state index contributed by atoms with van der Waals surface area (Å²) in [6.45, 7) is 8.24. The van der Waals surface area contributed by atoms with Crippen LogP contribution < -0.4 is 5.73 Å². The van der Waals surface area contributed by atoms with Gasteiger partial charge in [0.1, 0.15) is 0 Å². The Kier molecular flexibility index (Phi) is 4.93. The van der Waals surface area contributed by atoms with Crippen molar-refractivity contribution in [3.05, 3.63) is 0 Å². The summed E-state index contributed by atoms with van der Waals surface area (Å²) in [4.78, 5) is 26.6. The lowest BCUT2D eigenvalue weighted by Crippen LogP contribution is -2.41. The predicted molar refractivity (Wildman–Crippen MR) is 66.3 cm³/mol. The summed E-state index contributed by atoms with van der Waals surface area (Å²) < 4.78 is 0. The van der Waals surface area contributed by atoms with Gasteiger partial charge in [0, 0.05) is 33.1 Å². The largest absolute Gasteiger partial charge is 0.343 e. The van der Waals surface area contributed by atoms with Crippen LogP contribution in [0.25, 0.3) is 0 Å². The number of rotatable bonds is 4. The molecule has 1 saturated heterocycles. The third kappa shape index (κ3) is 3.70. The zero-order valence-corrected chi connectivity index (χ0v) is 11.0. The number of nitrogens with two attached hydrogens (primary N) is 1. The van der Waals surface area contributed by atoms with Crippen LogP contribution in [0, 0.1) is 5.92 Å². The minimum Gasteiger partial charge on any atom is -0.343 e. The number of hydrogen-bond acceptors (Lipinski definition) is 3. The monoisotopic (exact) mass is 241 g/mol. The predicted octanol–water partition coefficient (Wildman–Crippen LogP) is 0.0505. The zero-order chi connectivity index (χ0) is 13.0. The number of nitrogens with zero attached hydrogens (tertiary/aromatic N) is 2. The van der Waals surface area contributed by atoms with E-state index in [2.05, 4.69) is 0 Å². The van der Waals surface area contributed by atoms with E-state index in [1.165, 1.54) is 0 Å². The molecule has 0 spiro atoms. The molecule has 1 aliphatic heterocycles. The van der Waals surface area contributed by atoms with E-state index in [0.717, 1.165) is 32.6 Å². The second-order valence-corrected chi connectivity index (χ2v) is 4.79. The molecule has 0 saturated carbocycles. The van der Waals surface area contributed by atoms with E-state index >= 15 is 0 Å². The van der Waals surface area contributed by atoms with Crippen LogP contribution in [0.3, 0.4) is 0 Å². The maximum atomic E-state index is 11.7. The molecular weight excluding hydrogens is 218 g/mol. The summed E-state index contributed by atoms with van der Waals surface area (Å²) in [5.74, 6) is 0.504. The van der Waals surface area contributed by atoms with Gasteiger partial charge < -0.3 is 15.5 Å². The van der Waals surface area contributed by atoms with Crippen molar-refractivity contribution in [3.8, 4) is 0 Å². The van der Waals surface area contributed by atoms with Crippen LogP contribution in [0.4, 0.5) is 0 Å². The molecule has 0 unspecified atom stereocenters. The fourth-order valence-corrected chi connectivity index (χ4v) is 2.26. The molecule has 0 bridgehead atoms. The summed E-state index contributed by atoms with van der Waals surface area (Å²) in [6, 6.07) is -0.427. The Morgan fingerprint density at radius 1 is 1.53 bits per heavy atom. The van der Waals surface area contributed by atoms with E-state index in [9.17, 15) is 9.59 Å². The minimum atomic E-state index is -0.427. The first-order valence-corrected chi connectivity index (χ1v) is 6.25. The summed E-state index contributed by atoms with van der Waals surface area (Å²) in [6.07, 6.45) is 0.961. The zero-order valence-electron chi connectivity index (χ0n) is 11.0. The third-order valence-corrected chi connectivity index (χ3v) is 3.29. The van der Waals surface area contributed by atoms with Gasteiger partial charge in [0.2, 0.25) is 11.8 Å².